The number of carboxylic acids is 1. The van der Waals surface area contributed by atoms with Gasteiger partial charge in [-0.25, -0.2) is 4.98 Å². The molecule has 0 unspecified atom stereocenters. The topological polar surface area (TPSA) is 121 Å². The van der Waals surface area contributed by atoms with Crippen molar-refractivity contribution in [3.63, 3.8) is 0 Å². The Hall–Kier alpha value is -1.89. The number of hydrogen-bond donors (Lipinski definition) is 3. The zero-order chi connectivity index (χ0) is 26.8. The van der Waals surface area contributed by atoms with E-state index in [1.165, 1.54) is 23.1 Å². The number of aliphatic carboxylic acids is 1. The first-order valence-electron chi connectivity index (χ1n) is 11.8. The molecule has 0 radical (unpaired) electrons. The first-order chi connectivity index (χ1) is 17.7. The van der Waals surface area contributed by atoms with Crippen molar-refractivity contribution < 1.29 is 24.2 Å². The molecule has 2 amide bonds. The lowest BCUT2D eigenvalue weighted by Gasteiger charge is -2.33. The zero-order valence-electron chi connectivity index (χ0n) is 20.4. The monoisotopic (exact) mass is 588 g/mol. The third kappa shape index (κ3) is 10.4. The fourth-order valence-corrected chi connectivity index (χ4v) is 5.66. The molecule has 3 N–H and O–H groups in total. The van der Waals surface area contributed by atoms with Gasteiger partial charge in [0.2, 0.25) is 5.91 Å². The lowest BCUT2D eigenvalue weighted by atomic mass is 10.0. The molecule has 1 aromatic carbocycles. The molecule has 13 heteroatoms. The minimum absolute atomic E-state index is 0.0254. The fraction of sp³-hybridized carbons (Fsp3) is 0.500. The Kier molecular flexibility index (Phi) is 11.9. The maximum Gasteiger partial charge on any atom is 0.303 e. The van der Waals surface area contributed by atoms with Crippen LogP contribution in [0.2, 0.25) is 10.0 Å². The Morgan fingerprint density at radius 1 is 1.30 bits per heavy atom. The molecule has 0 bridgehead atoms. The van der Waals surface area contributed by atoms with Crippen molar-refractivity contribution in [2.45, 2.75) is 36.8 Å². The Bertz CT molecular complexity index is 1090. The molecule has 0 spiro atoms. The van der Waals surface area contributed by atoms with Crippen molar-refractivity contribution >= 4 is 64.1 Å². The van der Waals surface area contributed by atoms with E-state index in [4.69, 9.17) is 33.0 Å². The number of carboxylic acid groups (broad SMARTS) is 1. The van der Waals surface area contributed by atoms with Gasteiger partial charge in [0.25, 0.3) is 5.91 Å². The molecule has 202 valence electrons. The van der Waals surface area contributed by atoms with Crippen LogP contribution in [-0.2, 0) is 20.9 Å². The average Bonchev–Trinajstić information content (AvgIpc) is 3.33. The summed E-state index contributed by atoms with van der Waals surface area (Å²) in [5.41, 5.74) is 1.36. The summed E-state index contributed by atoms with van der Waals surface area (Å²) in [5, 5.41) is 17.2. The fourth-order valence-electron chi connectivity index (χ4n) is 3.70. The Labute approximate surface area is 234 Å². The maximum absolute atomic E-state index is 12.4. The summed E-state index contributed by atoms with van der Waals surface area (Å²) in [6, 6.07) is 5.61. The van der Waals surface area contributed by atoms with Crippen LogP contribution in [-0.4, -0.2) is 77.4 Å². The number of ether oxygens (including phenoxy) is 1. The smallest absolute Gasteiger partial charge is 0.303 e. The molecule has 37 heavy (non-hydrogen) atoms. The van der Waals surface area contributed by atoms with E-state index in [1.54, 1.807) is 11.4 Å². The van der Waals surface area contributed by atoms with Crippen molar-refractivity contribution in [2.24, 2.45) is 5.92 Å². The van der Waals surface area contributed by atoms with Crippen molar-refractivity contribution in [3.05, 3.63) is 44.9 Å². The lowest BCUT2D eigenvalue weighted by molar-refractivity contribution is -0.138. The van der Waals surface area contributed by atoms with Gasteiger partial charge in [0.05, 0.1) is 28.5 Å². The van der Waals surface area contributed by atoms with Crippen LogP contribution in [0.3, 0.4) is 0 Å². The molecular formula is C24H30Cl2N4O5S2. The van der Waals surface area contributed by atoms with Gasteiger partial charge in [0.1, 0.15) is 5.69 Å². The highest BCUT2D eigenvalue weighted by Crippen LogP contribution is 2.24. The summed E-state index contributed by atoms with van der Waals surface area (Å²) >= 11 is 14.7. The minimum atomic E-state index is -0.850. The standard InChI is InChI=1S/C24H30Cl2N4O5S2/c1-15(8-22(32)33)4-5-27-23(34)20-13-36-24(29-20)37-14-21(31)28-10-17-12-30(6-7-35-17)11-16-2-3-18(25)19(26)9-16/h2-3,9,13,15,17H,4-8,10-12,14H2,1H3,(H,27,34)(H,28,31)(H,32,33)/t15-,17-/m0/s1. The summed E-state index contributed by atoms with van der Waals surface area (Å²) in [6.07, 6.45) is 0.528. The second-order valence-corrected chi connectivity index (χ2v) is 11.7. The normalized spacial score (nSPS) is 16.8. The van der Waals surface area contributed by atoms with Crippen LogP contribution >= 0.6 is 46.3 Å². The number of thioether (sulfide) groups is 1. The molecule has 0 saturated carbocycles. The lowest BCUT2D eigenvalue weighted by Crippen LogP contribution is -2.47. The molecule has 9 nitrogen and oxygen atoms in total. The number of nitrogens with one attached hydrogen (secondary N) is 2. The molecule has 0 aliphatic carbocycles. The van der Waals surface area contributed by atoms with Crippen LogP contribution in [0.15, 0.2) is 27.9 Å². The van der Waals surface area contributed by atoms with Gasteiger partial charge in [-0.3, -0.25) is 19.3 Å². The summed E-state index contributed by atoms with van der Waals surface area (Å²) in [5.74, 6) is -1.14. The summed E-state index contributed by atoms with van der Waals surface area (Å²) < 4.78 is 6.43. The third-order valence-corrected chi connectivity index (χ3v) is 8.39. The number of halogens is 2. The van der Waals surface area contributed by atoms with Gasteiger partial charge >= 0.3 is 5.97 Å². The van der Waals surface area contributed by atoms with Crippen LogP contribution in [0.5, 0.6) is 0 Å². The number of morpholine rings is 1. The summed E-state index contributed by atoms with van der Waals surface area (Å²) in [7, 11) is 0. The van der Waals surface area contributed by atoms with Gasteiger partial charge < -0.3 is 20.5 Å². The number of carbonyl (C=O) groups excluding carboxylic acids is 2. The van der Waals surface area contributed by atoms with E-state index in [2.05, 4.69) is 20.5 Å². The van der Waals surface area contributed by atoms with Crippen molar-refractivity contribution in [3.8, 4) is 0 Å². The van der Waals surface area contributed by atoms with E-state index in [9.17, 15) is 14.4 Å². The highest BCUT2D eigenvalue weighted by atomic mass is 35.5. The molecule has 1 fully saturated rings. The van der Waals surface area contributed by atoms with E-state index < -0.39 is 5.97 Å². The number of benzene rings is 1. The number of carbonyl (C=O) groups is 3. The average molecular weight is 590 g/mol. The Balaban J connectivity index is 1.34. The van der Waals surface area contributed by atoms with E-state index in [0.717, 1.165) is 18.7 Å². The third-order valence-electron chi connectivity index (χ3n) is 5.63. The second kappa shape index (κ2) is 14.9. The predicted molar refractivity (Wildman–Crippen MR) is 146 cm³/mol. The highest BCUT2D eigenvalue weighted by molar-refractivity contribution is 8.01. The van der Waals surface area contributed by atoms with Gasteiger partial charge in [0.15, 0.2) is 4.34 Å². The Morgan fingerprint density at radius 2 is 2.11 bits per heavy atom. The number of nitrogens with zero attached hydrogens (tertiary/aromatic N) is 2. The number of hydrogen-bond acceptors (Lipinski definition) is 8. The van der Waals surface area contributed by atoms with Gasteiger partial charge in [-0.05, 0) is 30.0 Å². The predicted octanol–water partition coefficient (Wildman–Crippen LogP) is 3.79. The highest BCUT2D eigenvalue weighted by Gasteiger charge is 2.21. The van der Waals surface area contributed by atoms with Gasteiger partial charge in [-0.1, -0.05) is 48.0 Å². The van der Waals surface area contributed by atoms with E-state index >= 15 is 0 Å². The van der Waals surface area contributed by atoms with Crippen molar-refractivity contribution in [2.75, 3.05) is 38.5 Å². The second-order valence-electron chi connectivity index (χ2n) is 8.82. The minimum Gasteiger partial charge on any atom is -0.481 e. The first kappa shape index (κ1) is 29.7. The molecule has 1 aliphatic heterocycles. The number of thiazole rings is 1. The van der Waals surface area contributed by atoms with Crippen LogP contribution in [0.25, 0.3) is 0 Å². The molecule has 2 atom stereocenters. The van der Waals surface area contributed by atoms with E-state index in [1.807, 2.05) is 19.1 Å². The van der Waals surface area contributed by atoms with Crippen LogP contribution in [0, 0.1) is 5.92 Å². The molecule has 1 aliphatic rings. The SMILES string of the molecule is C[C@@H](CCNC(=O)c1csc(SCC(=O)NC[C@H]2CN(Cc3ccc(Cl)c(Cl)c3)CCO2)n1)CC(=O)O. The summed E-state index contributed by atoms with van der Waals surface area (Å²) in [6.45, 7) is 5.40. The first-order valence-corrected chi connectivity index (χ1v) is 14.4. The number of amides is 2. The van der Waals surface area contributed by atoms with Crippen molar-refractivity contribution in [1.82, 2.24) is 20.5 Å². The van der Waals surface area contributed by atoms with Gasteiger partial charge in [-0.15, -0.1) is 11.3 Å². The molecule has 1 saturated heterocycles. The Morgan fingerprint density at radius 3 is 2.86 bits per heavy atom. The largest absolute Gasteiger partial charge is 0.481 e. The summed E-state index contributed by atoms with van der Waals surface area (Å²) in [4.78, 5) is 41.9. The molecular weight excluding hydrogens is 559 g/mol. The van der Waals surface area contributed by atoms with Crippen molar-refractivity contribution in [1.29, 1.82) is 0 Å². The maximum atomic E-state index is 12.4. The quantitative estimate of drug-likeness (QED) is 0.302. The van der Waals surface area contributed by atoms with Crippen LogP contribution in [0.1, 0.15) is 35.8 Å². The van der Waals surface area contributed by atoms with E-state index in [-0.39, 0.29) is 41.7 Å². The molecule has 3 rings (SSSR count). The van der Waals surface area contributed by atoms with E-state index in [0.29, 0.717) is 47.0 Å². The van der Waals surface area contributed by atoms with Crippen LogP contribution < -0.4 is 10.6 Å². The molecule has 2 heterocycles. The number of aromatic nitrogens is 1. The molecule has 1 aromatic heterocycles. The van der Waals surface area contributed by atoms with Crippen LogP contribution in [0.4, 0.5) is 0 Å². The van der Waals surface area contributed by atoms with Gasteiger partial charge in [0, 0.05) is 44.5 Å². The molecule has 2 aromatic rings. The van der Waals surface area contributed by atoms with Gasteiger partial charge in [-0.2, -0.15) is 0 Å². The number of rotatable bonds is 13. The zero-order valence-corrected chi connectivity index (χ0v) is 23.5.